The number of carbonyl (C=O) groups excluding carboxylic acids is 2. The van der Waals surface area contributed by atoms with Crippen molar-refractivity contribution in [3.8, 4) is 0 Å². The van der Waals surface area contributed by atoms with Gasteiger partial charge in [-0.05, 0) is 62.3 Å². The number of nitrogens with one attached hydrogen (secondary N) is 1. The SMILES string of the molecule is COC(C)(C)COC(C)(C)CCC(=O)NCC(C)(C)C(C)(C)C(=O)N1Cc2ccccc2/C=C\c2ccccc21. The van der Waals surface area contributed by atoms with Crippen LogP contribution in [-0.2, 0) is 25.6 Å². The fourth-order valence-electron chi connectivity index (χ4n) is 4.50. The maximum atomic E-state index is 14.3. The van der Waals surface area contributed by atoms with Gasteiger partial charge in [-0.15, -0.1) is 0 Å². The summed E-state index contributed by atoms with van der Waals surface area (Å²) < 4.78 is 11.5. The molecule has 0 fully saturated rings. The van der Waals surface area contributed by atoms with Crippen molar-refractivity contribution in [2.24, 2.45) is 10.8 Å². The molecule has 1 N–H and O–H groups in total. The molecule has 1 aliphatic heterocycles. The summed E-state index contributed by atoms with van der Waals surface area (Å²) in [6.07, 6.45) is 5.12. The Kier molecular flexibility index (Phi) is 9.69. The Morgan fingerprint density at radius 1 is 0.850 bits per heavy atom. The summed E-state index contributed by atoms with van der Waals surface area (Å²) in [6.45, 7) is 17.3. The summed E-state index contributed by atoms with van der Waals surface area (Å²) >= 11 is 0. The fourth-order valence-corrected chi connectivity index (χ4v) is 4.50. The van der Waals surface area contributed by atoms with Gasteiger partial charge < -0.3 is 19.7 Å². The molecule has 3 rings (SSSR count). The predicted octanol–water partition coefficient (Wildman–Crippen LogP) is 6.87. The van der Waals surface area contributed by atoms with Gasteiger partial charge in [0, 0.05) is 20.1 Å². The summed E-state index contributed by atoms with van der Waals surface area (Å²) in [5, 5.41) is 3.10. The molecule has 2 amide bonds. The highest BCUT2D eigenvalue weighted by molar-refractivity contribution is 6.00. The molecule has 0 spiro atoms. The molecule has 1 heterocycles. The van der Waals surface area contributed by atoms with E-state index < -0.39 is 16.4 Å². The molecule has 0 aromatic heterocycles. The molecule has 218 valence electrons. The number of fused-ring (bicyclic) bond motifs is 2. The van der Waals surface area contributed by atoms with Crippen LogP contribution in [0.3, 0.4) is 0 Å². The number of methoxy groups -OCH3 is 1. The van der Waals surface area contributed by atoms with Crippen molar-refractivity contribution in [1.82, 2.24) is 5.32 Å². The second-order valence-electron chi connectivity index (χ2n) is 13.3. The molecule has 0 saturated carbocycles. The van der Waals surface area contributed by atoms with Crippen LogP contribution in [0.25, 0.3) is 12.2 Å². The Morgan fingerprint density at radius 2 is 1.45 bits per heavy atom. The Morgan fingerprint density at radius 3 is 2.12 bits per heavy atom. The minimum absolute atomic E-state index is 0.0274. The van der Waals surface area contributed by atoms with E-state index in [-0.39, 0.29) is 17.4 Å². The molecule has 40 heavy (non-hydrogen) atoms. The van der Waals surface area contributed by atoms with Crippen molar-refractivity contribution in [2.45, 2.75) is 86.0 Å². The van der Waals surface area contributed by atoms with Gasteiger partial charge in [-0.25, -0.2) is 0 Å². The summed E-state index contributed by atoms with van der Waals surface area (Å²) in [7, 11) is 1.67. The van der Waals surface area contributed by atoms with Gasteiger partial charge >= 0.3 is 0 Å². The van der Waals surface area contributed by atoms with Crippen LogP contribution < -0.4 is 10.2 Å². The third-order valence-electron chi connectivity index (χ3n) is 8.57. The fraction of sp³-hybridized carbons (Fsp3) is 0.529. The number of carbonyl (C=O) groups is 2. The van der Waals surface area contributed by atoms with Crippen molar-refractivity contribution in [2.75, 3.05) is 25.2 Å². The average molecular weight is 549 g/mol. The number of benzene rings is 2. The van der Waals surface area contributed by atoms with Gasteiger partial charge in [-0.2, -0.15) is 0 Å². The number of hydrogen-bond acceptors (Lipinski definition) is 4. The van der Waals surface area contributed by atoms with E-state index in [9.17, 15) is 9.59 Å². The molecule has 6 nitrogen and oxygen atoms in total. The predicted molar refractivity (Wildman–Crippen MR) is 164 cm³/mol. The topological polar surface area (TPSA) is 67.9 Å². The van der Waals surface area contributed by atoms with E-state index in [1.54, 1.807) is 7.11 Å². The van der Waals surface area contributed by atoms with Crippen molar-refractivity contribution in [3.05, 3.63) is 65.2 Å². The van der Waals surface area contributed by atoms with Crippen molar-refractivity contribution < 1.29 is 19.1 Å². The van der Waals surface area contributed by atoms with Crippen LogP contribution >= 0.6 is 0 Å². The molecule has 1 aliphatic rings. The smallest absolute Gasteiger partial charge is 0.233 e. The zero-order chi connectivity index (χ0) is 29.8. The molecule has 2 aromatic rings. The monoisotopic (exact) mass is 548 g/mol. The van der Waals surface area contributed by atoms with Crippen molar-refractivity contribution >= 4 is 29.7 Å². The third kappa shape index (κ3) is 7.61. The van der Waals surface area contributed by atoms with E-state index in [0.29, 0.717) is 32.5 Å². The number of nitrogens with zero attached hydrogens (tertiary/aromatic N) is 1. The molecule has 0 aliphatic carbocycles. The van der Waals surface area contributed by atoms with Crippen LogP contribution in [-0.4, -0.2) is 43.3 Å². The van der Waals surface area contributed by atoms with Crippen LogP contribution in [0.4, 0.5) is 5.69 Å². The van der Waals surface area contributed by atoms with Crippen LogP contribution in [0, 0.1) is 10.8 Å². The lowest BCUT2D eigenvalue weighted by atomic mass is 9.66. The largest absolute Gasteiger partial charge is 0.376 e. The van der Waals surface area contributed by atoms with Gasteiger partial charge in [0.2, 0.25) is 11.8 Å². The number of para-hydroxylation sites is 1. The molecule has 0 radical (unpaired) electrons. The molecule has 0 unspecified atom stereocenters. The Labute approximate surface area is 241 Å². The minimum atomic E-state index is -0.765. The van der Waals surface area contributed by atoms with Crippen LogP contribution in [0.15, 0.2) is 48.5 Å². The summed E-state index contributed by atoms with van der Waals surface area (Å²) in [6, 6.07) is 16.2. The molecular formula is C34H48N2O4. The zero-order valence-electron chi connectivity index (χ0n) is 25.9. The number of anilines is 1. The van der Waals surface area contributed by atoms with Crippen LogP contribution in [0.5, 0.6) is 0 Å². The quantitative estimate of drug-likeness (QED) is 0.333. The van der Waals surface area contributed by atoms with Gasteiger partial charge in [0.25, 0.3) is 0 Å². The normalized spacial score (nSPS) is 15.0. The summed E-state index contributed by atoms with van der Waals surface area (Å²) in [5.41, 5.74) is 1.99. The average Bonchev–Trinajstić information content (AvgIpc) is 2.90. The van der Waals surface area contributed by atoms with Gasteiger partial charge in [0.1, 0.15) is 0 Å². The molecule has 2 aromatic carbocycles. The van der Waals surface area contributed by atoms with E-state index >= 15 is 0 Å². The van der Waals surface area contributed by atoms with Gasteiger partial charge in [0.05, 0.1) is 35.5 Å². The lowest BCUT2D eigenvalue weighted by Crippen LogP contribution is -2.52. The van der Waals surface area contributed by atoms with Crippen molar-refractivity contribution in [3.63, 3.8) is 0 Å². The molecule has 6 heteroatoms. The summed E-state index contributed by atoms with van der Waals surface area (Å²) in [4.78, 5) is 29.1. The summed E-state index contributed by atoms with van der Waals surface area (Å²) in [5.74, 6) is -0.0192. The molecule has 0 atom stereocenters. The number of ether oxygens (including phenoxy) is 2. The lowest BCUT2D eigenvalue weighted by Gasteiger charge is -2.44. The van der Waals surface area contributed by atoms with E-state index in [4.69, 9.17) is 9.47 Å². The highest BCUT2D eigenvalue weighted by atomic mass is 16.5. The first-order valence-corrected chi connectivity index (χ1v) is 14.2. The number of amides is 2. The van der Waals surface area contributed by atoms with Gasteiger partial charge in [-0.1, -0.05) is 82.3 Å². The second-order valence-corrected chi connectivity index (χ2v) is 13.3. The first kappa shape index (κ1) is 31.6. The third-order valence-corrected chi connectivity index (χ3v) is 8.57. The highest BCUT2D eigenvalue weighted by Gasteiger charge is 2.46. The maximum absolute atomic E-state index is 14.3. The van der Waals surface area contributed by atoms with E-state index in [1.165, 1.54) is 0 Å². The van der Waals surface area contributed by atoms with Crippen LogP contribution in [0.1, 0.15) is 84.9 Å². The minimum Gasteiger partial charge on any atom is -0.376 e. The molecular weight excluding hydrogens is 500 g/mol. The lowest BCUT2D eigenvalue weighted by molar-refractivity contribution is -0.134. The van der Waals surface area contributed by atoms with E-state index in [2.05, 4.69) is 43.4 Å². The second kappa shape index (κ2) is 12.3. The van der Waals surface area contributed by atoms with Crippen LogP contribution in [0.2, 0.25) is 0 Å². The first-order chi connectivity index (χ1) is 18.6. The maximum Gasteiger partial charge on any atom is 0.233 e. The Hall–Kier alpha value is -2.96. The van der Waals surface area contributed by atoms with Gasteiger partial charge in [0.15, 0.2) is 0 Å². The van der Waals surface area contributed by atoms with Crippen molar-refractivity contribution in [1.29, 1.82) is 0 Å². The molecule has 0 bridgehead atoms. The zero-order valence-corrected chi connectivity index (χ0v) is 25.9. The standard InChI is InChI=1S/C34H48N2O4/c1-31(2,23-35-29(37)20-21-32(3,4)40-24-33(5,6)39-9)34(7,8)30(38)36-22-27-16-11-10-14-25(27)18-19-26-15-12-13-17-28(26)36/h10-19H,20-24H2,1-9H3,(H,35,37)/b19-18-. The molecule has 0 saturated heterocycles. The van der Waals surface area contributed by atoms with E-state index in [1.807, 2.05) is 82.8 Å². The Bertz CT molecular complexity index is 1230. The number of hydrogen-bond donors (Lipinski definition) is 1. The highest BCUT2D eigenvalue weighted by Crippen LogP contribution is 2.42. The number of rotatable bonds is 11. The Balaban J connectivity index is 1.71. The van der Waals surface area contributed by atoms with Gasteiger partial charge in [-0.3, -0.25) is 9.59 Å². The van der Waals surface area contributed by atoms with E-state index in [0.717, 1.165) is 22.4 Å². The first-order valence-electron chi connectivity index (χ1n) is 14.2.